The Morgan fingerprint density at radius 2 is 2.12 bits per heavy atom. The third kappa shape index (κ3) is 6.29. The van der Waals surface area contributed by atoms with Crippen LogP contribution in [0, 0.1) is 5.82 Å². The van der Waals surface area contributed by atoms with Crippen LogP contribution in [0.4, 0.5) is 4.39 Å². The molecule has 0 radical (unpaired) electrons. The second-order valence-corrected chi connectivity index (χ2v) is 6.69. The maximum Gasteiger partial charge on any atom is 0.222 e. The molecule has 1 aliphatic heterocycles. The molecular formula is C19H30FN5O. The van der Waals surface area contributed by atoms with Gasteiger partial charge in [0.15, 0.2) is 5.96 Å². The monoisotopic (exact) mass is 363 g/mol. The molecule has 0 aromatic heterocycles. The van der Waals surface area contributed by atoms with Gasteiger partial charge in [0.05, 0.1) is 0 Å². The number of benzene rings is 1. The summed E-state index contributed by atoms with van der Waals surface area (Å²) < 4.78 is 12.9. The molecule has 1 amide bonds. The molecule has 1 aliphatic rings. The first-order chi connectivity index (χ1) is 12.5. The van der Waals surface area contributed by atoms with Crippen LogP contribution in [0.5, 0.6) is 0 Å². The van der Waals surface area contributed by atoms with E-state index >= 15 is 0 Å². The summed E-state index contributed by atoms with van der Waals surface area (Å²) in [5.41, 5.74) is 1.09. The maximum absolute atomic E-state index is 12.9. The summed E-state index contributed by atoms with van der Waals surface area (Å²) in [4.78, 5) is 20.1. The van der Waals surface area contributed by atoms with E-state index < -0.39 is 0 Å². The molecule has 6 nitrogen and oxygen atoms in total. The zero-order valence-electron chi connectivity index (χ0n) is 16.0. The first-order valence-electron chi connectivity index (χ1n) is 9.19. The number of likely N-dealkylation sites (N-methyl/N-ethyl adjacent to an activating group) is 1. The van der Waals surface area contributed by atoms with Gasteiger partial charge in [-0.25, -0.2) is 4.39 Å². The Kier molecular flexibility index (Phi) is 7.84. The fourth-order valence-electron chi connectivity index (χ4n) is 3.06. The van der Waals surface area contributed by atoms with Crippen molar-refractivity contribution in [2.75, 3.05) is 40.3 Å². The minimum atomic E-state index is -0.209. The molecule has 1 fully saturated rings. The highest BCUT2D eigenvalue weighted by atomic mass is 19.1. The van der Waals surface area contributed by atoms with Gasteiger partial charge in [0.2, 0.25) is 5.91 Å². The van der Waals surface area contributed by atoms with E-state index in [9.17, 15) is 9.18 Å². The number of aliphatic imine (C=N–C) groups is 1. The van der Waals surface area contributed by atoms with E-state index in [4.69, 9.17) is 0 Å². The van der Waals surface area contributed by atoms with Crippen molar-refractivity contribution in [3.05, 3.63) is 35.6 Å². The van der Waals surface area contributed by atoms with Crippen LogP contribution in [0.15, 0.2) is 29.3 Å². The normalized spacial score (nSPS) is 17.7. The molecule has 26 heavy (non-hydrogen) atoms. The van der Waals surface area contributed by atoms with E-state index in [2.05, 4.69) is 20.5 Å². The first kappa shape index (κ1) is 20.2. The first-order valence-corrected chi connectivity index (χ1v) is 9.19. The van der Waals surface area contributed by atoms with Gasteiger partial charge in [-0.05, 0) is 31.2 Å². The fourth-order valence-corrected chi connectivity index (χ4v) is 3.06. The third-order valence-electron chi connectivity index (χ3n) is 4.56. The zero-order valence-corrected chi connectivity index (χ0v) is 16.0. The number of carbonyl (C=O) groups excluding carboxylic acids is 1. The topological polar surface area (TPSA) is 60.0 Å². The van der Waals surface area contributed by atoms with Crippen LogP contribution >= 0.6 is 0 Å². The number of nitrogens with zero attached hydrogens (tertiary/aromatic N) is 3. The van der Waals surface area contributed by atoms with Gasteiger partial charge in [-0.1, -0.05) is 19.1 Å². The van der Waals surface area contributed by atoms with E-state index in [1.165, 1.54) is 12.1 Å². The molecule has 2 rings (SSSR count). The quantitative estimate of drug-likeness (QED) is 0.568. The summed E-state index contributed by atoms with van der Waals surface area (Å²) in [5, 5.41) is 6.70. The van der Waals surface area contributed by atoms with Crippen LogP contribution in [0.1, 0.15) is 25.3 Å². The minimum Gasteiger partial charge on any atom is -0.355 e. The Bertz CT molecular complexity index is 604. The van der Waals surface area contributed by atoms with Gasteiger partial charge in [-0.3, -0.25) is 9.79 Å². The van der Waals surface area contributed by atoms with E-state index in [1.54, 1.807) is 7.05 Å². The minimum absolute atomic E-state index is 0.208. The van der Waals surface area contributed by atoms with Crippen molar-refractivity contribution in [1.82, 2.24) is 20.4 Å². The number of rotatable bonds is 7. The lowest BCUT2D eigenvalue weighted by atomic mass is 10.2. The van der Waals surface area contributed by atoms with Crippen molar-refractivity contribution >= 4 is 11.9 Å². The van der Waals surface area contributed by atoms with Crippen LogP contribution in [0.3, 0.4) is 0 Å². The number of guanidine groups is 1. The van der Waals surface area contributed by atoms with Crippen LogP contribution in [-0.4, -0.2) is 68.0 Å². The highest BCUT2D eigenvalue weighted by molar-refractivity contribution is 5.80. The van der Waals surface area contributed by atoms with Crippen molar-refractivity contribution in [2.24, 2.45) is 4.99 Å². The number of carbonyl (C=O) groups is 1. The molecule has 7 heteroatoms. The molecule has 144 valence electrons. The van der Waals surface area contributed by atoms with E-state index in [0.29, 0.717) is 6.42 Å². The lowest BCUT2D eigenvalue weighted by Crippen LogP contribution is -2.46. The molecule has 0 bridgehead atoms. The predicted octanol–water partition coefficient (Wildman–Crippen LogP) is 1.43. The van der Waals surface area contributed by atoms with Crippen molar-refractivity contribution in [1.29, 1.82) is 0 Å². The van der Waals surface area contributed by atoms with Gasteiger partial charge >= 0.3 is 0 Å². The number of nitrogens with one attached hydrogen (secondary N) is 2. The van der Waals surface area contributed by atoms with Crippen LogP contribution in [0.25, 0.3) is 0 Å². The molecule has 1 heterocycles. The number of likely N-dealkylation sites (tertiary alicyclic amines) is 1. The molecule has 0 aliphatic carbocycles. The van der Waals surface area contributed by atoms with Gasteiger partial charge in [0.1, 0.15) is 5.82 Å². The van der Waals surface area contributed by atoms with Gasteiger partial charge < -0.3 is 20.4 Å². The Hall–Kier alpha value is -2.15. The van der Waals surface area contributed by atoms with Crippen LogP contribution in [0.2, 0.25) is 0 Å². The smallest absolute Gasteiger partial charge is 0.222 e. The summed E-state index contributed by atoms with van der Waals surface area (Å²) in [6, 6.07) is 6.84. The molecule has 1 saturated heterocycles. The van der Waals surface area contributed by atoms with Gasteiger partial charge in [0, 0.05) is 52.2 Å². The molecule has 1 unspecified atom stereocenters. The standard InChI is InChI=1S/C19H30FN5O/c1-4-18(26)25-11-9-17(14-25)23-19(21-2)22-10-12-24(3)13-15-5-7-16(20)8-6-15/h5-8,17H,4,9-14H2,1-3H3,(H2,21,22,23). The highest BCUT2D eigenvalue weighted by Crippen LogP contribution is 2.10. The molecule has 0 spiro atoms. The number of halogens is 1. The lowest BCUT2D eigenvalue weighted by molar-refractivity contribution is -0.129. The van der Waals surface area contributed by atoms with Gasteiger partial charge in [-0.2, -0.15) is 0 Å². The SMILES string of the molecule is CCC(=O)N1CCC(NC(=NC)NCCN(C)Cc2ccc(F)cc2)C1. The van der Waals surface area contributed by atoms with E-state index in [1.807, 2.05) is 31.0 Å². The molecule has 1 aromatic rings. The second-order valence-electron chi connectivity index (χ2n) is 6.69. The van der Waals surface area contributed by atoms with Crippen LogP contribution < -0.4 is 10.6 Å². The predicted molar refractivity (Wildman–Crippen MR) is 103 cm³/mol. The molecular weight excluding hydrogens is 333 g/mol. The Labute approximate surface area is 155 Å². The Morgan fingerprint density at radius 1 is 1.38 bits per heavy atom. The second kappa shape index (κ2) is 10.1. The summed E-state index contributed by atoms with van der Waals surface area (Å²) in [7, 11) is 3.79. The number of amides is 1. The zero-order chi connectivity index (χ0) is 18.9. The Morgan fingerprint density at radius 3 is 2.77 bits per heavy atom. The largest absolute Gasteiger partial charge is 0.355 e. The molecule has 1 aromatic carbocycles. The summed E-state index contributed by atoms with van der Waals surface area (Å²) in [6.45, 7) is 5.79. The number of hydrogen-bond donors (Lipinski definition) is 2. The van der Waals surface area contributed by atoms with Crippen molar-refractivity contribution in [3.8, 4) is 0 Å². The van der Waals surface area contributed by atoms with Crippen molar-refractivity contribution in [3.63, 3.8) is 0 Å². The van der Waals surface area contributed by atoms with E-state index in [0.717, 1.165) is 50.7 Å². The number of hydrogen-bond acceptors (Lipinski definition) is 3. The lowest BCUT2D eigenvalue weighted by Gasteiger charge is -2.21. The van der Waals surface area contributed by atoms with Gasteiger partial charge in [-0.15, -0.1) is 0 Å². The average molecular weight is 363 g/mol. The van der Waals surface area contributed by atoms with Crippen molar-refractivity contribution in [2.45, 2.75) is 32.4 Å². The third-order valence-corrected chi connectivity index (χ3v) is 4.56. The average Bonchev–Trinajstić information content (AvgIpc) is 3.10. The highest BCUT2D eigenvalue weighted by Gasteiger charge is 2.25. The van der Waals surface area contributed by atoms with Crippen molar-refractivity contribution < 1.29 is 9.18 Å². The molecule has 0 saturated carbocycles. The van der Waals surface area contributed by atoms with Gasteiger partial charge in [0.25, 0.3) is 0 Å². The molecule has 2 N–H and O–H groups in total. The van der Waals surface area contributed by atoms with E-state index in [-0.39, 0.29) is 17.8 Å². The Balaban J connectivity index is 1.68. The van der Waals surface area contributed by atoms with Crippen LogP contribution in [-0.2, 0) is 11.3 Å². The maximum atomic E-state index is 12.9. The summed E-state index contributed by atoms with van der Waals surface area (Å²) in [5.74, 6) is 0.759. The fraction of sp³-hybridized carbons (Fsp3) is 0.579. The molecule has 1 atom stereocenters. The summed E-state index contributed by atoms with van der Waals surface area (Å²) in [6.07, 6.45) is 1.50. The summed E-state index contributed by atoms with van der Waals surface area (Å²) >= 11 is 0.